The molecule has 2 heterocycles. The van der Waals surface area contributed by atoms with Crippen LogP contribution >= 0.6 is 11.8 Å². The van der Waals surface area contributed by atoms with Crippen molar-refractivity contribution in [1.82, 2.24) is 10.2 Å². The highest BCUT2D eigenvalue weighted by molar-refractivity contribution is 7.99. The SMILES string of the molecule is CSC1CNCC1N1CCCC(C)(C)C1. The molecule has 2 unspecified atom stereocenters. The molecule has 2 fully saturated rings. The molecule has 2 saturated heterocycles. The van der Waals surface area contributed by atoms with Crippen LogP contribution in [0, 0.1) is 5.41 Å². The third-order valence-corrected chi connectivity index (χ3v) is 4.92. The van der Waals surface area contributed by atoms with Crippen molar-refractivity contribution in [2.24, 2.45) is 5.41 Å². The molecule has 0 radical (unpaired) electrons. The van der Waals surface area contributed by atoms with Crippen molar-refractivity contribution in [2.75, 3.05) is 32.4 Å². The van der Waals surface area contributed by atoms with Crippen LogP contribution in [0.1, 0.15) is 26.7 Å². The molecular weight excluding hydrogens is 204 g/mol. The molecule has 0 aliphatic carbocycles. The lowest BCUT2D eigenvalue weighted by molar-refractivity contribution is 0.0868. The lowest BCUT2D eigenvalue weighted by atomic mass is 9.83. The lowest BCUT2D eigenvalue weighted by Gasteiger charge is -2.42. The van der Waals surface area contributed by atoms with Gasteiger partial charge in [0, 0.05) is 30.9 Å². The Morgan fingerprint density at radius 1 is 1.33 bits per heavy atom. The zero-order valence-corrected chi connectivity index (χ0v) is 11.1. The van der Waals surface area contributed by atoms with Gasteiger partial charge in [0.1, 0.15) is 0 Å². The highest BCUT2D eigenvalue weighted by atomic mass is 32.2. The number of piperidine rings is 1. The predicted molar refractivity (Wildman–Crippen MR) is 68.5 cm³/mol. The minimum absolute atomic E-state index is 0.532. The van der Waals surface area contributed by atoms with Gasteiger partial charge in [-0.3, -0.25) is 4.90 Å². The molecule has 0 spiro atoms. The molecule has 88 valence electrons. The Morgan fingerprint density at radius 3 is 2.80 bits per heavy atom. The maximum absolute atomic E-state index is 3.54. The van der Waals surface area contributed by atoms with E-state index >= 15 is 0 Å². The van der Waals surface area contributed by atoms with E-state index in [1.54, 1.807) is 0 Å². The molecule has 0 aromatic rings. The summed E-state index contributed by atoms with van der Waals surface area (Å²) in [4.78, 5) is 2.73. The molecule has 15 heavy (non-hydrogen) atoms. The smallest absolute Gasteiger partial charge is 0.0351 e. The number of nitrogens with zero attached hydrogens (tertiary/aromatic N) is 1. The summed E-state index contributed by atoms with van der Waals surface area (Å²) in [5, 5.41) is 4.34. The van der Waals surface area contributed by atoms with Gasteiger partial charge in [-0.15, -0.1) is 0 Å². The highest BCUT2D eigenvalue weighted by Gasteiger charge is 2.36. The van der Waals surface area contributed by atoms with E-state index in [4.69, 9.17) is 0 Å². The first kappa shape index (κ1) is 11.7. The Hall–Kier alpha value is 0.270. The summed E-state index contributed by atoms with van der Waals surface area (Å²) in [6.45, 7) is 9.82. The van der Waals surface area contributed by atoms with Crippen LogP contribution in [0.2, 0.25) is 0 Å². The molecule has 2 aliphatic heterocycles. The van der Waals surface area contributed by atoms with Crippen molar-refractivity contribution in [2.45, 2.75) is 38.0 Å². The summed E-state index contributed by atoms with van der Waals surface area (Å²) in [7, 11) is 0. The third-order valence-electron chi connectivity index (χ3n) is 3.83. The molecule has 2 nitrogen and oxygen atoms in total. The molecule has 0 bridgehead atoms. The maximum atomic E-state index is 3.54. The van der Waals surface area contributed by atoms with Crippen molar-refractivity contribution < 1.29 is 0 Å². The van der Waals surface area contributed by atoms with Crippen LogP contribution < -0.4 is 5.32 Å². The normalized spacial score (nSPS) is 37.0. The molecule has 2 aliphatic rings. The molecule has 3 heteroatoms. The number of thioether (sulfide) groups is 1. The standard InChI is InChI=1S/C12H24N2S/c1-12(2)5-4-6-14(9-12)10-7-13-8-11(10)15-3/h10-11,13H,4-9H2,1-3H3. The Kier molecular flexibility index (Phi) is 3.63. The topological polar surface area (TPSA) is 15.3 Å². The van der Waals surface area contributed by atoms with Gasteiger partial charge in [-0.1, -0.05) is 13.8 Å². The predicted octanol–water partition coefficient (Wildman–Crippen LogP) is 1.81. The summed E-state index contributed by atoms with van der Waals surface area (Å²) < 4.78 is 0. The number of nitrogens with one attached hydrogen (secondary N) is 1. The van der Waals surface area contributed by atoms with Gasteiger partial charge in [0.05, 0.1) is 0 Å². The molecular formula is C12H24N2S. The van der Waals surface area contributed by atoms with Crippen LogP contribution in [-0.2, 0) is 0 Å². The van der Waals surface area contributed by atoms with Gasteiger partial charge in [-0.2, -0.15) is 11.8 Å². The Labute approximate surface area is 98.2 Å². The zero-order chi connectivity index (χ0) is 10.9. The van der Waals surface area contributed by atoms with Crippen LogP contribution in [0.3, 0.4) is 0 Å². The van der Waals surface area contributed by atoms with Crippen molar-refractivity contribution in [3.63, 3.8) is 0 Å². The minimum Gasteiger partial charge on any atom is -0.314 e. The Morgan fingerprint density at radius 2 is 2.13 bits per heavy atom. The van der Waals surface area contributed by atoms with Gasteiger partial charge in [0.15, 0.2) is 0 Å². The summed E-state index contributed by atoms with van der Waals surface area (Å²) >= 11 is 2.03. The van der Waals surface area contributed by atoms with Crippen molar-refractivity contribution in [1.29, 1.82) is 0 Å². The molecule has 1 N–H and O–H groups in total. The molecule has 0 saturated carbocycles. The molecule has 0 aromatic heterocycles. The summed E-state index contributed by atoms with van der Waals surface area (Å²) in [6, 6.07) is 0.777. The Bertz CT molecular complexity index is 218. The van der Waals surface area contributed by atoms with Crippen LogP contribution in [0.25, 0.3) is 0 Å². The first-order chi connectivity index (χ1) is 7.12. The molecule has 2 atom stereocenters. The van der Waals surface area contributed by atoms with Crippen LogP contribution in [0.4, 0.5) is 0 Å². The van der Waals surface area contributed by atoms with E-state index in [9.17, 15) is 0 Å². The van der Waals surface area contributed by atoms with E-state index in [0.29, 0.717) is 5.41 Å². The number of hydrogen-bond donors (Lipinski definition) is 1. The van der Waals surface area contributed by atoms with E-state index in [1.165, 1.54) is 39.0 Å². The van der Waals surface area contributed by atoms with Gasteiger partial charge in [-0.25, -0.2) is 0 Å². The maximum Gasteiger partial charge on any atom is 0.0351 e. The lowest BCUT2D eigenvalue weighted by Crippen LogP contribution is -2.49. The van der Waals surface area contributed by atoms with Crippen LogP contribution in [0.5, 0.6) is 0 Å². The average Bonchev–Trinajstić information content (AvgIpc) is 2.63. The second kappa shape index (κ2) is 4.64. The second-order valence-corrected chi connectivity index (χ2v) is 6.81. The number of likely N-dealkylation sites (tertiary alicyclic amines) is 1. The molecule has 0 aromatic carbocycles. The van der Waals surface area contributed by atoms with Gasteiger partial charge in [0.2, 0.25) is 0 Å². The Balaban J connectivity index is 1.97. The fourth-order valence-electron chi connectivity index (χ4n) is 3.00. The number of hydrogen-bond acceptors (Lipinski definition) is 3. The first-order valence-electron chi connectivity index (χ1n) is 6.10. The van der Waals surface area contributed by atoms with E-state index in [1.807, 2.05) is 11.8 Å². The fourth-order valence-corrected chi connectivity index (χ4v) is 3.86. The third kappa shape index (κ3) is 2.69. The van der Waals surface area contributed by atoms with Gasteiger partial charge in [0.25, 0.3) is 0 Å². The van der Waals surface area contributed by atoms with Crippen LogP contribution in [-0.4, -0.2) is 48.6 Å². The first-order valence-corrected chi connectivity index (χ1v) is 7.39. The molecule has 0 amide bonds. The summed E-state index contributed by atoms with van der Waals surface area (Å²) in [5.74, 6) is 0. The van der Waals surface area contributed by atoms with Gasteiger partial charge in [-0.05, 0) is 31.1 Å². The van der Waals surface area contributed by atoms with E-state index in [2.05, 4.69) is 30.3 Å². The monoisotopic (exact) mass is 228 g/mol. The van der Waals surface area contributed by atoms with Gasteiger partial charge >= 0.3 is 0 Å². The van der Waals surface area contributed by atoms with Gasteiger partial charge < -0.3 is 5.32 Å². The summed E-state index contributed by atoms with van der Waals surface area (Å²) in [6.07, 6.45) is 5.03. The van der Waals surface area contributed by atoms with Crippen molar-refractivity contribution in [3.8, 4) is 0 Å². The van der Waals surface area contributed by atoms with E-state index in [0.717, 1.165) is 11.3 Å². The average molecular weight is 228 g/mol. The highest BCUT2D eigenvalue weighted by Crippen LogP contribution is 2.32. The molecule has 2 rings (SSSR count). The van der Waals surface area contributed by atoms with Crippen LogP contribution in [0.15, 0.2) is 0 Å². The van der Waals surface area contributed by atoms with Crippen molar-refractivity contribution in [3.05, 3.63) is 0 Å². The second-order valence-electron chi connectivity index (χ2n) is 5.74. The number of rotatable bonds is 2. The zero-order valence-electron chi connectivity index (χ0n) is 10.3. The minimum atomic E-state index is 0.532. The van der Waals surface area contributed by atoms with E-state index < -0.39 is 0 Å². The fraction of sp³-hybridized carbons (Fsp3) is 1.00. The largest absolute Gasteiger partial charge is 0.314 e. The van der Waals surface area contributed by atoms with Crippen molar-refractivity contribution >= 4 is 11.8 Å². The van der Waals surface area contributed by atoms with E-state index in [-0.39, 0.29) is 0 Å². The quantitative estimate of drug-likeness (QED) is 0.776. The summed E-state index contributed by atoms with van der Waals surface area (Å²) in [5.41, 5.74) is 0.532.